The van der Waals surface area contributed by atoms with Gasteiger partial charge in [0.1, 0.15) is 0 Å². The van der Waals surface area contributed by atoms with Crippen molar-refractivity contribution in [3.05, 3.63) is 0 Å². The molecule has 0 bridgehead atoms. The van der Waals surface area contributed by atoms with Gasteiger partial charge in [-0.3, -0.25) is 9.59 Å². The third-order valence-corrected chi connectivity index (χ3v) is 2.30. The minimum atomic E-state index is -0.460. The van der Waals surface area contributed by atoms with Gasteiger partial charge in [-0.2, -0.15) is 0 Å². The molecule has 0 aliphatic heterocycles. The molecule has 2 amide bonds. The fourth-order valence-electron chi connectivity index (χ4n) is 1.28. The molecule has 100 valence electrons. The van der Waals surface area contributed by atoms with Gasteiger partial charge in [-0.15, -0.1) is 0 Å². The maximum atomic E-state index is 11.4. The quantitative estimate of drug-likeness (QED) is 0.576. The van der Waals surface area contributed by atoms with E-state index < -0.39 is 6.04 Å². The predicted molar refractivity (Wildman–Crippen MR) is 68.4 cm³/mol. The molecule has 0 radical (unpaired) electrons. The van der Waals surface area contributed by atoms with Crippen LogP contribution in [-0.4, -0.2) is 30.9 Å². The Morgan fingerprint density at radius 1 is 1.24 bits per heavy atom. The van der Waals surface area contributed by atoms with E-state index in [1.807, 2.05) is 20.8 Å². The van der Waals surface area contributed by atoms with Crippen molar-refractivity contribution in [3.8, 4) is 0 Å². The monoisotopic (exact) mass is 243 g/mol. The molecule has 0 aromatic heterocycles. The smallest absolute Gasteiger partial charge is 0.236 e. The second-order valence-corrected chi connectivity index (χ2v) is 4.63. The Balaban J connectivity index is 3.62. The summed E-state index contributed by atoms with van der Waals surface area (Å²) in [5, 5.41) is 5.45. The van der Waals surface area contributed by atoms with Gasteiger partial charge in [-0.25, -0.2) is 0 Å². The fraction of sp³-hybridized carbons (Fsp3) is 0.833. The van der Waals surface area contributed by atoms with Crippen molar-refractivity contribution in [3.63, 3.8) is 0 Å². The van der Waals surface area contributed by atoms with Crippen LogP contribution in [0.2, 0.25) is 0 Å². The van der Waals surface area contributed by atoms with E-state index in [1.165, 1.54) is 0 Å². The molecule has 1 atom stereocenters. The molecule has 5 nitrogen and oxygen atoms in total. The van der Waals surface area contributed by atoms with Gasteiger partial charge in [-0.1, -0.05) is 27.2 Å². The first-order valence-corrected chi connectivity index (χ1v) is 6.27. The molecule has 0 aromatic carbocycles. The number of nitrogens with two attached hydrogens (primary N) is 1. The van der Waals surface area contributed by atoms with Gasteiger partial charge in [-0.05, 0) is 12.3 Å². The van der Waals surface area contributed by atoms with Crippen LogP contribution < -0.4 is 16.4 Å². The summed E-state index contributed by atoms with van der Waals surface area (Å²) < 4.78 is 0. The van der Waals surface area contributed by atoms with Crippen LogP contribution in [0.1, 0.15) is 40.0 Å². The first-order valence-electron chi connectivity index (χ1n) is 6.27. The van der Waals surface area contributed by atoms with Crippen LogP contribution in [0.5, 0.6) is 0 Å². The van der Waals surface area contributed by atoms with E-state index in [2.05, 4.69) is 10.6 Å². The standard InChI is InChI=1S/C12H25N3O2/c1-4-5-10(13)12(17)14-7-6-11(16)15-8-9(2)3/h9-10H,4-8,13H2,1-3H3,(H,14,17)(H,15,16)/t10-/m0/s1. The summed E-state index contributed by atoms with van der Waals surface area (Å²) in [6, 6.07) is -0.460. The molecule has 0 aliphatic carbocycles. The summed E-state index contributed by atoms with van der Waals surface area (Å²) in [6.07, 6.45) is 1.85. The van der Waals surface area contributed by atoms with E-state index in [0.29, 0.717) is 31.8 Å². The third-order valence-electron chi connectivity index (χ3n) is 2.30. The van der Waals surface area contributed by atoms with E-state index in [1.54, 1.807) is 0 Å². The Morgan fingerprint density at radius 3 is 2.41 bits per heavy atom. The highest BCUT2D eigenvalue weighted by Crippen LogP contribution is 1.93. The number of nitrogens with one attached hydrogen (secondary N) is 2. The van der Waals surface area contributed by atoms with Gasteiger partial charge in [0.05, 0.1) is 6.04 Å². The summed E-state index contributed by atoms with van der Waals surface area (Å²) in [7, 11) is 0. The van der Waals surface area contributed by atoms with Crippen LogP contribution in [0.25, 0.3) is 0 Å². The number of hydrogen-bond donors (Lipinski definition) is 3. The van der Waals surface area contributed by atoms with Crippen LogP contribution in [0, 0.1) is 5.92 Å². The molecule has 0 heterocycles. The van der Waals surface area contributed by atoms with E-state index in [9.17, 15) is 9.59 Å². The molecule has 0 rings (SSSR count). The predicted octanol–water partition coefficient (Wildman–Crippen LogP) is 0.392. The maximum absolute atomic E-state index is 11.4. The summed E-state index contributed by atoms with van der Waals surface area (Å²) in [5.74, 6) is 0.220. The molecule has 4 N–H and O–H groups in total. The molecule has 0 saturated carbocycles. The molecule has 0 aliphatic rings. The Kier molecular flexibility index (Phi) is 8.40. The van der Waals surface area contributed by atoms with Gasteiger partial charge in [0.15, 0.2) is 0 Å². The lowest BCUT2D eigenvalue weighted by molar-refractivity contribution is -0.123. The van der Waals surface area contributed by atoms with Crippen molar-refractivity contribution < 1.29 is 9.59 Å². The van der Waals surface area contributed by atoms with Crippen LogP contribution in [0.4, 0.5) is 0 Å². The van der Waals surface area contributed by atoms with Crippen LogP contribution in [0.3, 0.4) is 0 Å². The minimum Gasteiger partial charge on any atom is -0.356 e. The van der Waals surface area contributed by atoms with Gasteiger partial charge in [0.2, 0.25) is 11.8 Å². The summed E-state index contributed by atoms with van der Waals surface area (Å²) in [5.41, 5.74) is 5.63. The Bertz CT molecular complexity index is 242. The molecular formula is C12H25N3O2. The van der Waals surface area contributed by atoms with Crippen molar-refractivity contribution in [2.45, 2.75) is 46.1 Å². The molecule has 5 heteroatoms. The summed E-state index contributed by atoms with van der Waals surface area (Å²) in [6.45, 7) is 7.06. The van der Waals surface area contributed by atoms with E-state index in [4.69, 9.17) is 5.73 Å². The zero-order valence-electron chi connectivity index (χ0n) is 11.1. The number of carbonyl (C=O) groups excluding carboxylic acids is 2. The highest BCUT2D eigenvalue weighted by atomic mass is 16.2. The van der Waals surface area contributed by atoms with E-state index in [0.717, 1.165) is 6.42 Å². The molecule has 0 spiro atoms. The highest BCUT2D eigenvalue weighted by Gasteiger charge is 2.11. The topological polar surface area (TPSA) is 84.2 Å². The van der Waals surface area contributed by atoms with E-state index in [-0.39, 0.29) is 11.8 Å². The SMILES string of the molecule is CCC[C@H](N)C(=O)NCCC(=O)NCC(C)C. The fourth-order valence-corrected chi connectivity index (χ4v) is 1.28. The molecule has 0 unspecified atom stereocenters. The summed E-state index contributed by atoms with van der Waals surface area (Å²) in [4.78, 5) is 22.7. The number of amides is 2. The van der Waals surface area contributed by atoms with Crippen molar-refractivity contribution in [2.24, 2.45) is 11.7 Å². The van der Waals surface area contributed by atoms with Gasteiger partial charge < -0.3 is 16.4 Å². The number of rotatable bonds is 8. The molecule has 0 fully saturated rings. The zero-order valence-corrected chi connectivity index (χ0v) is 11.1. The Morgan fingerprint density at radius 2 is 1.88 bits per heavy atom. The van der Waals surface area contributed by atoms with Crippen LogP contribution in [-0.2, 0) is 9.59 Å². The summed E-state index contributed by atoms with van der Waals surface area (Å²) >= 11 is 0. The second-order valence-electron chi connectivity index (χ2n) is 4.63. The highest BCUT2D eigenvalue weighted by molar-refractivity contribution is 5.82. The van der Waals surface area contributed by atoms with Crippen molar-refractivity contribution in [2.75, 3.05) is 13.1 Å². The molecule has 17 heavy (non-hydrogen) atoms. The second kappa shape index (κ2) is 8.98. The first-order chi connectivity index (χ1) is 7.97. The largest absolute Gasteiger partial charge is 0.356 e. The van der Waals surface area contributed by atoms with Crippen molar-refractivity contribution >= 4 is 11.8 Å². The lowest BCUT2D eigenvalue weighted by Crippen LogP contribution is -2.42. The Labute approximate surface area is 104 Å². The minimum absolute atomic E-state index is 0.0388. The van der Waals surface area contributed by atoms with E-state index >= 15 is 0 Å². The van der Waals surface area contributed by atoms with Crippen molar-refractivity contribution in [1.29, 1.82) is 0 Å². The average Bonchev–Trinajstić information content (AvgIpc) is 2.26. The maximum Gasteiger partial charge on any atom is 0.236 e. The van der Waals surface area contributed by atoms with Crippen molar-refractivity contribution in [1.82, 2.24) is 10.6 Å². The van der Waals surface area contributed by atoms with Gasteiger partial charge in [0, 0.05) is 19.5 Å². The van der Waals surface area contributed by atoms with Gasteiger partial charge >= 0.3 is 0 Å². The third kappa shape index (κ3) is 8.68. The number of hydrogen-bond acceptors (Lipinski definition) is 3. The average molecular weight is 243 g/mol. The first kappa shape index (κ1) is 15.9. The van der Waals surface area contributed by atoms with Gasteiger partial charge in [0.25, 0.3) is 0 Å². The molecule has 0 aromatic rings. The number of carbonyl (C=O) groups is 2. The lowest BCUT2D eigenvalue weighted by Gasteiger charge is -2.11. The zero-order chi connectivity index (χ0) is 13.3. The molecular weight excluding hydrogens is 218 g/mol. The van der Waals surface area contributed by atoms with Crippen LogP contribution in [0.15, 0.2) is 0 Å². The normalized spacial score (nSPS) is 12.3. The Hall–Kier alpha value is -1.10. The van der Waals surface area contributed by atoms with Crippen LogP contribution >= 0.6 is 0 Å². The lowest BCUT2D eigenvalue weighted by atomic mass is 10.1. The molecule has 0 saturated heterocycles.